The van der Waals surface area contributed by atoms with Crippen molar-refractivity contribution in [3.63, 3.8) is 0 Å². The summed E-state index contributed by atoms with van der Waals surface area (Å²) in [5.74, 6) is 2.28. The quantitative estimate of drug-likeness (QED) is 0.726. The van der Waals surface area contributed by atoms with E-state index < -0.39 is 0 Å². The van der Waals surface area contributed by atoms with Gasteiger partial charge in [-0.25, -0.2) is 0 Å². The van der Waals surface area contributed by atoms with E-state index in [1.54, 1.807) is 0 Å². The molecule has 0 spiro atoms. The van der Waals surface area contributed by atoms with Crippen LogP contribution in [0.2, 0.25) is 0 Å². The molecule has 0 saturated carbocycles. The molecule has 3 aromatic rings. The van der Waals surface area contributed by atoms with Crippen LogP contribution >= 0.6 is 0 Å². The molecule has 0 unspecified atom stereocenters. The maximum Gasteiger partial charge on any atom is 0.200 e. The number of para-hydroxylation sites is 1. The number of fused-ring (bicyclic) bond motifs is 1. The van der Waals surface area contributed by atoms with E-state index in [0.29, 0.717) is 11.4 Å². The summed E-state index contributed by atoms with van der Waals surface area (Å²) < 4.78 is 5.59. The van der Waals surface area contributed by atoms with E-state index >= 15 is 0 Å². The zero-order valence-electron chi connectivity index (χ0n) is 10.8. The highest BCUT2D eigenvalue weighted by atomic mass is 16.4. The van der Waals surface area contributed by atoms with Gasteiger partial charge in [-0.15, -0.1) is 0 Å². The van der Waals surface area contributed by atoms with Crippen LogP contribution in [0.3, 0.4) is 0 Å². The summed E-state index contributed by atoms with van der Waals surface area (Å²) in [5.41, 5.74) is 1.59. The highest BCUT2D eigenvalue weighted by Crippen LogP contribution is 2.31. The lowest BCUT2D eigenvalue weighted by atomic mass is 10.2. The minimum atomic E-state index is 0.646. The smallest absolute Gasteiger partial charge is 0.200 e. The number of anilines is 2. The third-order valence-electron chi connectivity index (χ3n) is 3.24. The van der Waals surface area contributed by atoms with Crippen molar-refractivity contribution in [2.75, 3.05) is 11.9 Å². The summed E-state index contributed by atoms with van der Waals surface area (Å²) in [7, 11) is 1.87. The molecular weight excluding hydrogens is 240 g/mol. The van der Waals surface area contributed by atoms with E-state index in [2.05, 4.69) is 4.98 Å². The number of nitrogens with one attached hydrogen (secondary N) is 1. The first kappa shape index (κ1) is 11.6. The second-order valence-electron chi connectivity index (χ2n) is 4.49. The van der Waals surface area contributed by atoms with Gasteiger partial charge in [0.15, 0.2) is 6.29 Å². The third-order valence-corrected chi connectivity index (χ3v) is 3.24. The Balaban J connectivity index is 2.16. The topological polar surface area (TPSA) is 49.2 Å². The van der Waals surface area contributed by atoms with Crippen LogP contribution in [0.4, 0.5) is 11.7 Å². The van der Waals surface area contributed by atoms with Crippen molar-refractivity contribution in [1.29, 1.82) is 0 Å². The monoisotopic (exact) mass is 254 g/mol. The van der Waals surface area contributed by atoms with Gasteiger partial charge < -0.3 is 14.3 Å². The van der Waals surface area contributed by atoms with E-state index in [-0.39, 0.29) is 0 Å². The number of nitrogens with zero attached hydrogens (tertiary/aromatic N) is 1. The third kappa shape index (κ3) is 1.81. The highest BCUT2D eigenvalue weighted by Gasteiger charge is 2.16. The Kier molecular flexibility index (Phi) is 2.63. The van der Waals surface area contributed by atoms with E-state index in [4.69, 9.17) is 4.42 Å². The molecule has 4 heteroatoms. The average Bonchev–Trinajstić information content (AvgIpc) is 3.01. The Morgan fingerprint density at radius 1 is 1.21 bits per heavy atom. The maximum absolute atomic E-state index is 11.4. The van der Waals surface area contributed by atoms with Crippen LogP contribution in [0.1, 0.15) is 16.1 Å². The van der Waals surface area contributed by atoms with Crippen LogP contribution < -0.4 is 4.90 Å². The molecule has 2 aromatic heterocycles. The highest BCUT2D eigenvalue weighted by molar-refractivity contribution is 6.03. The number of carbonyl (C=O) groups is 1. The molecule has 19 heavy (non-hydrogen) atoms. The minimum Gasteiger partial charge on any atom is -0.445 e. The molecule has 0 saturated heterocycles. The molecule has 0 aliphatic rings. The van der Waals surface area contributed by atoms with Crippen molar-refractivity contribution in [2.45, 2.75) is 6.92 Å². The Morgan fingerprint density at radius 2 is 2.00 bits per heavy atom. The molecule has 0 aliphatic heterocycles. The fourth-order valence-electron chi connectivity index (χ4n) is 2.25. The molecule has 0 bridgehead atoms. The van der Waals surface area contributed by atoms with Crippen LogP contribution in [0.25, 0.3) is 10.9 Å². The van der Waals surface area contributed by atoms with Gasteiger partial charge in [0.2, 0.25) is 5.88 Å². The lowest BCUT2D eigenvalue weighted by molar-refractivity contribution is 0.112. The zero-order valence-corrected chi connectivity index (χ0v) is 10.8. The van der Waals surface area contributed by atoms with Crippen LogP contribution in [-0.4, -0.2) is 18.3 Å². The molecule has 96 valence electrons. The number of carbonyl (C=O) groups excluding carboxylic acids is 1. The Labute approximate surface area is 110 Å². The number of aromatic amines is 1. The van der Waals surface area contributed by atoms with Gasteiger partial charge in [0, 0.05) is 24.0 Å². The fourth-order valence-corrected chi connectivity index (χ4v) is 2.25. The van der Waals surface area contributed by atoms with Crippen molar-refractivity contribution in [1.82, 2.24) is 4.98 Å². The second-order valence-corrected chi connectivity index (χ2v) is 4.49. The number of benzene rings is 1. The van der Waals surface area contributed by atoms with Gasteiger partial charge in [-0.1, -0.05) is 18.2 Å². The molecule has 0 atom stereocenters. The summed E-state index contributed by atoms with van der Waals surface area (Å²) >= 11 is 0. The fraction of sp³-hybridized carbons (Fsp3) is 0.133. The molecule has 0 radical (unpaired) electrons. The van der Waals surface area contributed by atoms with Crippen molar-refractivity contribution in [2.24, 2.45) is 0 Å². The summed E-state index contributed by atoms with van der Waals surface area (Å²) in [6.07, 6.45) is 0.875. The number of aryl methyl sites for hydroxylation is 1. The Morgan fingerprint density at radius 3 is 2.68 bits per heavy atom. The van der Waals surface area contributed by atoms with Gasteiger partial charge in [0.1, 0.15) is 11.6 Å². The molecule has 0 aliphatic carbocycles. The largest absolute Gasteiger partial charge is 0.445 e. The SMILES string of the molecule is Cc1ccc(N(C)c2[nH]c3ccccc3c2C=O)o1. The number of furan rings is 1. The van der Waals surface area contributed by atoms with Gasteiger partial charge in [0.25, 0.3) is 0 Å². The maximum atomic E-state index is 11.4. The standard InChI is InChI=1S/C15H14N2O2/c1-10-7-8-14(19-10)17(2)15-12(9-18)11-5-3-4-6-13(11)16-15/h3-9,16H,1-2H3. The van der Waals surface area contributed by atoms with Gasteiger partial charge in [0.05, 0.1) is 5.56 Å². The molecule has 2 heterocycles. The molecule has 1 aromatic carbocycles. The summed E-state index contributed by atoms with van der Waals surface area (Å²) in [4.78, 5) is 16.5. The van der Waals surface area contributed by atoms with Crippen molar-refractivity contribution in [3.05, 3.63) is 47.7 Å². The molecule has 0 amide bonds. The number of aromatic nitrogens is 1. The molecule has 0 fully saturated rings. The average molecular weight is 254 g/mol. The lowest BCUT2D eigenvalue weighted by Gasteiger charge is -2.14. The van der Waals surface area contributed by atoms with Gasteiger partial charge >= 0.3 is 0 Å². The van der Waals surface area contributed by atoms with E-state index in [1.807, 2.05) is 55.3 Å². The molecular formula is C15H14N2O2. The first-order valence-electron chi connectivity index (χ1n) is 6.07. The summed E-state index contributed by atoms with van der Waals surface area (Å²) in [5, 5.41) is 0.919. The Hall–Kier alpha value is -2.49. The van der Waals surface area contributed by atoms with Gasteiger partial charge in [-0.05, 0) is 19.1 Å². The van der Waals surface area contributed by atoms with E-state index in [0.717, 1.165) is 28.8 Å². The van der Waals surface area contributed by atoms with Crippen molar-refractivity contribution >= 4 is 28.9 Å². The lowest BCUT2D eigenvalue weighted by Crippen LogP contribution is -2.10. The number of rotatable bonds is 3. The molecule has 3 rings (SSSR count). The summed E-state index contributed by atoms with van der Waals surface area (Å²) in [6.45, 7) is 1.89. The van der Waals surface area contributed by atoms with Crippen LogP contribution in [0, 0.1) is 6.92 Å². The molecule has 4 nitrogen and oxygen atoms in total. The van der Waals surface area contributed by atoms with Gasteiger partial charge in [-0.2, -0.15) is 0 Å². The second kappa shape index (κ2) is 4.31. The van der Waals surface area contributed by atoms with Crippen LogP contribution in [0.15, 0.2) is 40.8 Å². The Bertz CT molecular complexity index is 740. The van der Waals surface area contributed by atoms with E-state index in [9.17, 15) is 4.79 Å². The van der Waals surface area contributed by atoms with Crippen LogP contribution in [0.5, 0.6) is 0 Å². The number of hydrogen-bond donors (Lipinski definition) is 1. The first-order chi connectivity index (χ1) is 9.20. The minimum absolute atomic E-state index is 0.646. The number of hydrogen-bond acceptors (Lipinski definition) is 3. The number of H-pyrrole nitrogens is 1. The van der Waals surface area contributed by atoms with Gasteiger partial charge in [-0.3, -0.25) is 4.79 Å². The summed E-state index contributed by atoms with van der Waals surface area (Å²) in [6, 6.07) is 11.5. The van der Waals surface area contributed by atoms with Crippen LogP contribution in [-0.2, 0) is 0 Å². The molecule has 1 N–H and O–H groups in total. The predicted octanol–water partition coefficient (Wildman–Crippen LogP) is 3.65. The van der Waals surface area contributed by atoms with Crippen molar-refractivity contribution in [3.8, 4) is 0 Å². The normalized spacial score (nSPS) is 10.8. The predicted molar refractivity (Wildman–Crippen MR) is 75.2 cm³/mol. The zero-order chi connectivity index (χ0) is 13.4. The van der Waals surface area contributed by atoms with Crippen molar-refractivity contribution < 1.29 is 9.21 Å². The van der Waals surface area contributed by atoms with E-state index in [1.165, 1.54) is 0 Å². The first-order valence-corrected chi connectivity index (χ1v) is 6.07. The number of aldehydes is 1.